The van der Waals surface area contributed by atoms with Crippen molar-refractivity contribution in [1.82, 2.24) is 0 Å². The number of benzene rings is 2. The van der Waals surface area contributed by atoms with Gasteiger partial charge in [-0.2, -0.15) is 0 Å². The fourth-order valence-corrected chi connectivity index (χ4v) is 7.08. The summed E-state index contributed by atoms with van der Waals surface area (Å²) >= 11 is 0. The molecule has 3 nitrogen and oxygen atoms in total. The van der Waals surface area contributed by atoms with Crippen molar-refractivity contribution in [1.29, 1.82) is 0 Å². The van der Waals surface area contributed by atoms with Crippen LogP contribution < -0.4 is 4.74 Å². The fraction of sp³-hybridized carbons (Fsp3) is 0.567. The molecule has 0 saturated heterocycles. The van der Waals surface area contributed by atoms with Crippen LogP contribution in [-0.4, -0.2) is 12.1 Å². The molecule has 3 aliphatic rings. The summed E-state index contributed by atoms with van der Waals surface area (Å²) in [5.41, 5.74) is 4.01. The quantitative estimate of drug-likeness (QED) is 0.402. The van der Waals surface area contributed by atoms with E-state index in [4.69, 9.17) is 9.47 Å². The van der Waals surface area contributed by atoms with Crippen LogP contribution in [0.25, 0.3) is 0 Å². The minimum Gasteiger partial charge on any atom is -0.489 e. The third-order valence-corrected chi connectivity index (χ3v) is 8.94. The van der Waals surface area contributed by atoms with Gasteiger partial charge in [0.05, 0.1) is 0 Å². The van der Waals surface area contributed by atoms with Gasteiger partial charge in [0.25, 0.3) is 0 Å². The summed E-state index contributed by atoms with van der Waals surface area (Å²) in [6.07, 6.45) is 9.38. The number of hydrogen-bond donors (Lipinski definition) is 0. The molecule has 0 spiro atoms. The lowest BCUT2D eigenvalue weighted by atomic mass is 9.55. The Morgan fingerprint density at radius 2 is 1.91 bits per heavy atom. The van der Waals surface area contributed by atoms with Crippen molar-refractivity contribution in [3.05, 3.63) is 65.0 Å². The van der Waals surface area contributed by atoms with E-state index in [1.165, 1.54) is 42.5 Å². The van der Waals surface area contributed by atoms with Gasteiger partial charge in [-0.05, 0) is 104 Å². The Bertz CT molecular complexity index is 1020. The summed E-state index contributed by atoms with van der Waals surface area (Å²) in [6.45, 7) is 4.95. The minimum absolute atomic E-state index is 0.00185. The predicted octanol–water partition coefficient (Wildman–Crippen LogP) is 7.36. The molecule has 2 aromatic carbocycles. The van der Waals surface area contributed by atoms with Gasteiger partial charge in [-0.25, -0.2) is 4.39 Å². The van der Waals surface area contributed by atoms with Gasteiger partial charge in [0.2, 0.25) is 0 Å². The number of fused-ring (bicyclic) bond motifs is 5. The first-order valence-electron chi connectivity index (χ1n) is 13.2. The molecule has 0 heterocycles. The van der Waals surface area contributed by atoms with E-state index in [1.807, 2.05) is 0 Å². The summed E-state index contributed by atoms with van der Waals surface area (Å²) < 4.78 is 25.2. The molecular formula is C30H37FO3. The van der Waals surface area contributed by atoms with Crippen LogP contribution in [0.1, 0.15) is 87.8 Å². The highest BCUT2D eigenvalue weighted by molar-refractivity contribution is 5.69. The Kier molecular flexibility index (Phi) is 6.68. The molecule has 2 aromatic rings. The topological polar surface area (TPSA) is 35.5 Å². The number of halogens is 1. The van der Waals surface area contributed by atoms with Gasteiger partial charge in [0.1, 0.15) is 24.3 Å². The molecule has 34 heavy (non-hydrogen) atoms. The van der Waals surface area contributed by atoms with Crippen molar-refractivity contribution >= 4 is 5.97 Å². The third kappa shape index (κ3) is 4.48. The van der Waals surface area contributed by atoms with Gasteiger partial charge in [0, 0.05) is 11.8 Å². The second-order valence-electron chi connectivity index (χ2n) is 10.9. The zero-order chi connectivity index (χ0) is 23.7. The molecule has 0 amide bonds. The largest absolute Gasteiger partial charge is 0.489 e. The average Bonchev–Trinajstić information content (AvgIpc) is 3.18. The van der Waals surface area contributed by atoms with Crippen molar-refractivity contribution in [2.45, 2.75) is 90.3 Å². The molecular weight excluding hydrogens is 427 g/mol. The van der Waals surface area contributed by atoms with E-state index >= 15 is 0 Å². The number of carbonyl (C=O) groups excluding carboxylic acids is 1. The zero-order valence-electron chi connectivity index (χ0n) is 20.5. The van der Waals surface area contributed by atoms with Gasteiger partial charge < -0.3 is 9.47 Å². The van der Waals surface area contributed by atoms with Crippen molar-refractivity contribution in [3.63, 3.8) is 0 Å². The molecule has 0 N–H and O–H groups in total. The summed E-state index contributed by atoms with van der Waals surface area (Å²) in [7, 11) is 0. The minimum atomic E-state index is -0.223. The van der Waals surface area contributed by atoms with Crippen LogP contribution in [0.3, 0.4) is 0 Å². The Balaban J connectivity index is 1.25. The maximum Gasteiger partial charge on any atom is 0.306 e. The van der Waals surface area contributed by atoms with Crippen LogP contribution in [-0.2, 0) is 22.6 Å². The van der Waals surface area contributed by atoms with Gasteiger partial charge in [-0.1, -0.05) is 38.5 Å². The van der Waals surface area contributed by atoms with E-state index in [-0.39, 0.29) is 23.3 Å². The molecule has 0 radical (unpaired) electrons. The summed E-state index contributed by atoms with van der Waals surface area (Å²) in [4.78, 5) is 12.4. The maximum atomic E-state index is 13.1. The highest BCUT2D eigenvalue weighted by Gasteiger charge is 2.56. The highest BCUT2D eigenvalue weighted by Crippen LogP contribution is 2.61. The predicted molar refractivity (Wildman–Crippen MR) is 131 cm³/mol. The molecule has 0 unspecified atom stereocenters. The molecule has 4 heteroatoms. The van der Waals surface area contributed by atoms with E-state index in [1.54, 1.807) is 12.1 Å². The first-order valence-corrected chi connectivity index (χ1v) is 13.2. The normalized spacial score (nSPS) is 29.6. The maximum absolute atomic E-state index is 13.1. The molecule has 0 bridgehead atoms. The first kappa shape index (κ1) is 23.4. The van der Waals surface area contributed by atoms with E-state index in [0.29, 0.717) is 30.8 Å². The monoisotopic (exact) mass is 464 g/mol. The van der Waals surface area contributed by atoms with Crippen LogP contribution in [0.15, 0.2) is 42.5 Å². The van der Waals surface area contributed by atoms with Crippen molar-refractivity contribution in [2.24, 2.45) is 17.3 Å². The molecule has 5 atom stereocenters. The van der Waals surface area contributed by atoms with Gasteiger partial charge in [-0.3, -0.25) is 4.79 Å². The number of unbranched alkanes of at least 4 members (excludes halogenated alkanes) is 1. The standard InChI is InChI=1S/C30H37FO3/c1-3-4-5-29(32)34-28-15-14-27-26-12-8-21-18-23(33-19-20-6-9-22(31)10-7-20)11-13-24(21)25(26)16-17-30(27,28)2/h6-7,9-11,13,18,25-28H,3-5,8,12,14-17,19H2,1-2H3/t25-,26-,27+,28-,30+/m1/s1. The second kappa shape index (κ2) is 9.71. The Morgan fingerprint density at radius 1 is 1.09 bits per heavy atom. The van der Waals surface area contributed by atoms with Crippen molar-refractivity contribution in [2.75, 3.05) is 0 Å². The Morgan fingerprint density at radius 3 is 2.71 bits per heavy atom. The van der Waals surface area contributed by atoms with Crippen molar-refractivity contribution in [3.8, 4) is 5.75 Å². The molecule has 2 fully saturated rings. The van der Waals surface area contributed by atoms with E-state index < -0.39 is 0 Å². The number of aryl methyl sites for hydroxylation is 1. The number of carbonyl (C=O) groups is 1. The van der Waals surface area contributed by atoms with E-state index in [0.717, 1.165) is 43.4 Å². The lowest BCUT2D eigenvalue weighted by Gasteiger charge is -2.50. The van der Waals surface area contributed by atoms with E-state index in [9.17, 15) is 9.18 Å². The van der Waals surface area contributed by atoms with Crippen LogP contribution in [0.2, 0.25) is 0 Å². The van der Waals surface area contributed by atoms with Crippen molar-refractivity contribution < 1.29 is 18.7 Å². The number of esters is 1. The lowest BCUT2D eigenvalue weighted by Crippen LogP contribution is -2.45. The summed E-state index contributed by atoms with van der Waals surface area (Å²) in [6, 6.07) is 13.1. The SMILES string of the molecule is CCCCC(=O)O[C@@H]1CC[C@H]2[C@@H]3CCc4cc(OCc5ccc(F)cc5)ccc4[C@H]3CC[C@]12C. The highest BCUT2D eigenvalue weighted by atomic mass is 19.1. The molecule has 182 valence electrons. The molecule has 2 saturated carbocycles. The van der Waals surface area contributed by atoms with Gasteiger partial charge in [0.15, 0.2) is 0 Å². The number of rotatable bonds is 7. The van der Waals surface area contributed by atoms with Crippen LogP contribution in [0.4, 0.5) is 4.39 Å². The average molecular weight is 465 g/mol. The van der Waals surface area contributed by atoms with Crippen LogP contribution in [0, 0.1) is 23.1 Å². The van der Waals surface area contributed by atoms with Gasteiger partial charge >= 0.3 is 5.97 Å². The lowest BCUT2D eigenvalue weighted by molar-refractivity contribution is -0.157. The molecule has 3 aliphatic carbocycles. The Hall–Kier alpha value is -2.36. The number of ether oxygens (including phenoxy) is 2. The second-order valence-corrected chi connectivity index (χ2v) is 10.9. The molecule has 0 aromatic heterocycles. The molecule has 0 aliphatic heterocycles. The van der Waals surface area contributed by atoms with Gasteiger partial charge in [-0.15, -0.1) is 0 Å². The summed E-state index contributed by atoms with van der Waals surface area (Å²) in [5.74, 6) is 2.58. The Labute approximate surface area is 203 Å². The van der Waals surface area contributed by atoms with E-state index in [2.05, 4.69) is 32.0 Å². The van der Waals surface area contributed by atoms with Crippen LogP contribution in [0.5, 0.6) is 5.75 Å². The number of hydrogen-bond acceptors (Lipinski definition) is 3. The zero-order valence-corrected chi connectivity index (χ0v) is 20.5. The molecule has 5 rings (SSSR count). The third-order valence-electron chi connectivity index (χ3n) is 8.94. The van der Waals surface area contributed by atoms with Crippen LogP contribution >= 0.6 is 0 Å². The smallest absolute Gasteiger partial charge is 0.306 e. The fourth-order valence-electron chi connectivity index (χ4n) is 7.08. The first-order chi connectivity index (χ1) is 16.5. The summed E-state index contributed by atoms with van der Waals surface area (Å²) in [5, 5.41) is 0.